The molecule has 0 spiro atoms. The van der Waals surface area contributed by atoms with Crippen LogP contribution in [0.25, 0.3) is 0 Å². The Morgan fingerprint density at radius 1 is 0.786 bits per heavy atom. The van der Waals surface area contributed by atoms with Gasteiger partial charge in [0.25, 0.3) is 0 Å². The van der Waals surface area contributed by atoms with Crippen LogP contribution in [0.15, 0.2) is 36.4 Å². The highest BCUT2D eigenvalue weighted by molar-refractivity contribution is 5.55. The highest BCUT2D eigenvalue weighted by Crippen LogP contribution is 1.79. The first-order valence-corrected chi connectivity index (χ1v) is 3.94. The summed E-state index contributed by atoms with van der Waals surface area (Å²) in [5.41, 5.74) is 0. The van der Waals surface area contributed by atoms with Crippen molar-refractivity contribution in [2.24, 2.45) is 0 Å². The van der Waals surface area contributed by atoms with Gasteiger partial charge in [0.2, 0.25) is 0 Å². The Morgan fingerprint density at radius 2 is 1.00 bits per heavy atom. The lowest BCUT2D eigenvalue weighted by molar-refractivity contribution is -0.141. The molecule has 0 saturated heterocycles. The summed E-state index contributed by atoms with van der Waals surface area (Å²) in [7, 11) is 0. The molecule has 0 unspecified atom stereocenters. The fourth-order valence-electron chi connectivity index (χ4n) is 0.408. The van der Waals surface area contributed by atoms with E-state index in [0.717, 1.165) is 0 Å². The third-order valence-corrected chi connectivity index (χ3v) is 0.778. The number of carbonyl (C=O) groups is 2. The summed E-state index contributed by atoms with van der Waals surface area (Å²) in [6.07, 6.45) is 0. The second-order valence-electron chi connectivity index (χ2n) is 1.48. The Morgan fingerprint density at radius 3 is 1.07 bits per heavy atom. The fourth-order valence-corrected chi connectivity index (χ4v) is 0.408. The third-order valence-electron chi connectivity index (χ3n) is 0.778. The van der Waals surface area contributed by atoms with Crippen LogP contribution in [0.2, 0.25) is 0 Å². The van der Waals surface area contributed by atoms with Crippen molar-refractivity contribution < 1.29 is 14.3 Å². The van der Waals surface area contributed by atoms with E-state index in [1.807, 2.05) is 50.2 Å². The van der Waals surface area contributed by atoms with E-state index < -0.39 is 0 Å². The molecular formula is C11H18O3. The molecule has 1 aromatic carbocycles. The van der Waals surface area contributed by atoms with E-state index >= 15 is 0 Å². The SMILES string of the molecule is C.CC.O=COC=O.c1ccccc1. The van der Waals surface area contributed by atoms with E-state index in [-0.39, 0.29) is 20.4 Å². The molecule has 80 valence electrons. The van der Waals surface area contributed by atoms with Gasteiger partial charge < -0.3 is 4.74 Å². The minimum atomic E-state index is 0. The van der Waals surface area contributed by atoms with Crippen LogP contribution in [0.4, 0.5) is 0 Å². The largest absolute Gasteiger partial charge is 0.398 e. The van der Waals surface area contributed by atoms with Gasteiger partial charge in [0.05, 0.1) is 0 Å². The lowest BCUT2D eigenvalue weighted by Gasteiger charge is -1.69. The minimum absolute atomic E-state index is 0. The molecule has 0 bridgehead atoms. The van der Waals surface area contributed by atoms with Crippen molar-refractivity contribution >= 4 is 12.9 Å². The zero-order valence-electron chi connectivity index (χ0n) is 7.84. The lowest BCUT2D eigenvalue weighted by Crippen LogP contribution is -1.77. The predicted octanol–water partition coefficient (Wildman–Crippen LogP) is 2.66. The van der Waals surface area contributed by atoms with Crippen molar-refractivity contribution in [1.82, 2.24) is 0 Å². The Kier molecular flexibility index (Phi) is 29.3. The highest BCUT2D eigenvalue weighted by atomic mass is 16.6. The Labute approximate surface area is 85.7 Å². The van der Waals surface area contributed by atoms with Crippen LogP contribution < -0.4 is 0 Å². The summed E-state index contributed by atoms with van der Waals surface area (Å²) >= 11 is 0. The van der Waals surface area contributed by atoms with Crippen molar-refractivity contribution in [3.05, 3.63) is 36.4 Å². The first kappa shape index (κ1) is 18.2. The van der Waals surface area contributed by atoms with E-state index in [2.05, 4.69) is 4.74 Å². The number of ether oxygens (including phenoxy) is 1. The molecule has 0 aromatic heterocycles. The van der Waals surface area contributed by atoms with Gasteiger partial charge in [-0.2, -0.15) is 0 Å². The summed E-state index contributed by atoms with van der Waals surface area (Å²) in [5, 5.41) is 0. The lowest BCUT2D eigenvalue weighted by atomic mass is 10.4. The Balaban J connectivity index is -0.000000141. The number of hydrogen-bond acceptors (Lipinski definition) is 3. The van der Waals surface area contributed by atoms with Crippen LogP contribution >= 0.6 is 0 Å². The van der Waals surface area contributed by atoms with Crippen molar-refractivity contribution in [3.8, 4) is 0 Å². The molecule has 0 atom stereocenters. The second-order valence-corrected chi connectivity index (χ2v) is 1.48. The molecule has 0 aliphatic heterocycles. The summed E-state index contributed by atoms with van der Waals surface area (Å²) in [6.45, 7) is 4.12. The topological polar surface area (TPSA) is 43.4 Å². The van der Waals surface area contributed by atoms with E-state index in [4.69, 9.17) is 9.59 Å². The highest BCUT2D eigenvalue weighted by Gasteiger charge is 1.59. The molecule has 0 N–H and O–H groups in total. The van der Waals surface area contributed by atoms with E-state index in [1.165, 1.54) is 0 Å². The predicted molar refractivity (Wildman–Crippen MR) is 57.7 cm³/mol. The molecule has 3 nitrogen and oxygen atoms in total. The Hall–Kier alpha value is -1.64. The van der Waals surface area contributed by atoms with Crippen molar-refractivity contribution in [3.63, 3.8) is 0 Å². The van der Waals surface area contributed by atoms with Gasteiger partial charge in [-0.3, -0.25) is 9.59 Å². The van der Waals surface area contributed by atoms with Gasteiger partial charge in [-0.25, -0.2) is 0 Å². The van der Waals surface area contributed by atoms with E-state index in [0.29, 0.717) is 0 Å². The number of rotatable bonds is 2. The smallest absolute Gasteiger partial charge is 0.300 e. The van der Waals surface area contributed by atoms with Crippen LogP contribution in [0.3, 0.4) is 0 Å². The molecule has 0 radical (unpaired) electrons. The second kappa shape index (κ2) is 22.5. The number of hydrogen-bond donors (Lipinski definition) is 0. The maximum absolute atomic E-state index is 8.95. The zero-order valence-corrected chi connectivity index (χ0v) is 7.84. The summed E-state index contributed by atoms with van der Waals surface area (Å²) in [4.78, 5) is 17.9. The maximum Gasteiger partial charge on any atom is 0.300 e. The van der Waals surface area contributed by atoms with Gasteiger partial charge in [-0.15, -0.1) is 0 Å². The summed E-state index contributed by atoms with van der Waals surface area (Å²) in [5.74, 6) is 0. The van der Waals surface area contributed by atoms with Gasteiger partial charge in [0.15, 0.2) is 0 Å². The van der Waals surface area contributed by atoms with E-state index in [1.54, 1.807) is 0 Å². The molecule has 1 aromatic rings. The van der Waals surface area contributed by atoms with Crippen LogP contribution in [-0.2, 0) is 14.3 Å². The third kappa shape index (κ3) is 22.4. The molecule has 0 heterocycles. The Bertz CT molecular complexity index is 152. The molecule has 1 rings (SSSR count). The zero-order chi connectivity index (χ0) is 10.4. The fraction of sp³-hybridized carbons (Fsp3) is 0.273. The van der Waals surface area contributed by atoms with Gasteiger partial charge in [-0.1, -0.05) is 57.7 Å². The molecule has 0 fully saturated rings. The monoisotopic (exact) mass is 198 g/mol. The average molecular weight is 198 g/mol. The van der Waals surface area contributed by atoms with Gasteiger partial charge in [0.1, 0.15) is 0 Å². The van der Waals surface area contributed by atoms with Gasteiger partial charge in [0, 0.05) is 0 Å². The molecule has 14 heavy (non-hydrogen) atoms. The summed E-state index contributed by atoms with van der Waals surface area (Å²) in [6, 6.07) is 12.0. The van der Waals surface area contributed by atoms with E-state index in [9.17, 15) is 0 Å². The molecular weight excluding hydrogens is 180 g/mol. The molecule has 0 aliphatic rings. The average Bonchev–Trinajstić information content (AvgIpc) is 2.25. The number of carbonyl (C=O) groups excluding carboxylic acids is 2. The van der Waals surface area contributed by atoms with Crippen molar-refractivity contribution in [1.29, 1.82) is 0 Å². The van der Waals surface area contributed by atoms with Crippen molar-refractivity contribution in [2.45, 2.75) is 21.3 Å². The van der Waals surface area contributed by atoms with Crippen LogP contribution in [0.5, 0.6) is 0 Å². The maximum atomic E-state index is 8.95. The number of benzene rings is 1. The molecule has 0 saturated carbocycles. The molecule has 0 aliphatic carbocycles. The van der Waals surface area contributed by atoms with Crippen LogP contribution in [0.1, 0.15) is 21.3 Å². The van der Waals surface area contributed by atoms with Gasteiger partial charge >= 0.3 is 12.9 Å². The van der Waals surface area contributed by atoms with Crippen LogP contribution in [-0.4, -0.2) is 12.9 Å². The quantitative estimate of drug-likeness (QED) is 0.542. The minimum Gasteiger partial charge on any atom is -0.398 e. The molecule has 0 amide bonds. The van der Waals surface area contributed by atoms with Crippen LogP contribution in [0, 0.1) is 0 Å². The first-order chi connectivity index (χ1) is 6.41. The van der Waals surface area contributed by atoms with Crippen molar-refractivity contribution in [2.75, 3.05) is 0 Å². The normalized spacial score (nSPS) is 5.86. The summed E-state index contributed by atoms with van der Waals surface area (Å²) < 4.78 is 3.47. The first-order valence-electron chi connectivity index (χ1n) is 3.94. The standard InChI is InChI=1S/C6H6.C2H2O3.C2H6.CH4/c1-2-4-6-5-3-1;3-1-5-2-4;1-2;/h1-6H;1-2H;1-2H3;1H4. The molecule has 3 heteroatoms. The van der Waals surface area contributed by atoms with Gasteiger partial charge in [-0.05, 0) is 0 Å².